The Morgan fingerprint density at radius 3 is 2.44 bits per heavy atom. The third-order valence-corrected chi connectivity index (χ3v) is 2.28. The fraction of sp³-hybridized carbons (Fsp3) is 0. The molecule has 3 heterocycles. The molecule has 4 heteroatoms. The van der Waals surface area contributed by atoms with Crippen molar-refractivity contribution in [2.45, 2.75) is 0 Å². The van der Waals surface area contributed by atoms with E-state index in [0.29, 0.717) is 0 Å². The van der Waals surface area contributed by atoms with Gasteiger partial charge >= 0.3 is 0 Å². The molecule has 0 saturated carbocycles. The lowest BCUT2D eigenvalue weighted by Gasteiger charge is -1.86. The van der Waals surface area contributed by atoms with Crippen molar-refractivity contribution in [3.8, 4) is 0 Å². The second-order valence-corrected chi connectivity index (χ2v) is 3.77. The molecule has 0 aliphatic carbocycles. The van der Waals surface area contributed by atoms with Crippen LogP contribution in [0.4, 0.5) is 0 Å². The molecule has 80 valence electrons. The minimum atomic E-state index is 0.822. The van der Waals surface area contributed by atoms with E-state index < -0.39 is 0 Å². The minimum absolute atomic E-state index is 0.822. The first-order valence-electron chi connectivity index (χ1n) is 4.71. The highest BCUT2D eigenvalue weighted by Crippen LogP contribution is 2.15. The quantitative estimate of drug-likeness (QED) is 0.588. The summed E-state index contributed by atoms with van der Waals surface area (Å²) in [6.45, 7) is 0. The van der Waals surface area contributed by atoms with Gasteiger partial charge in [0.1, 0.15) is 10.1 Å². The molecule has 0 amide bonds. The van der Waals surface area contributed by atoms with Gasteiger partial charge in [-0.05, 0) is 40.2 Å². The maximum atomic E-state index is 5.09. The maximum Gasteiger partial charge on any atom is 0.152 e. The van der Waals surface area contributed by atoms with E-state index >= 15 is 0 Å². The average molecular weight is 277 g/mol. The second-order valence-electron chi connectivity index (χ2n) is 2.96. The number of hydrogen-bond acceptors (Lipinski definition) is 3. The smallest absolute Gasteiger partial charge is 0.152 e. The van der Waals surface area contributed by atoms with E-state index in [1.54, 1.807) is 18.7 Å². The van der Waals surface area contributed by atoms with Gasteiger partial charge in [-0.15, -0.1) is 0 Å². The monoisotopic (exact) mass is 276 g/mol. The number of aromatic nitrogens is 2. The van der Waals surface area contributed by atoms with E-state index in [2.05, 4.69) is 25.9 Å². The molecular formula is C12H9BrN2O. The molecular weight excluding hydrogens is 268 g/mol. The summed E-state index contributed by atoms with van der Waals surface area (Å²) >= 11 is 3.26. The third-order valence-electron chi connectivity index (χ3n) is 1.84. The van der Waals surface area contributed by atoms with Crippen LogP contribution in [0.2, 0.25) is 0 Å². The Bertz CT molecular complexity index is 524. The first kappa shape index (κ1) is 10.8. The molecule has 0 bridgehead atoms. The number of pyridine rings is 2. The highest BCUT2D eigenvalue weighted by molar-refractivity contribution is 9.10. The Kier molecular flexibility index (Phi) is 3.66. The summed E-state index contributed by atoms with van der Waals surface area (Å²) in [5.74, 6) is 0. The summed E-state index contributed by atoms with van der Waals surface area (Å²) in [4.78, 5) is 7.94. The second kappa shape index (κ2) is 5.42. The zero-order valence-corrected chi connectivity index (χ0v) is 9.96. The Morgan fingerprint density at radius 2 is 1.81 bits per heavy atom. The van der Waals surface area contributed by atoms with Crippen molar-refractivity contribution in [1.82, 2.24) is 9.97 Å². The van der Waals surface area contributed by atoms with E-state index in [0.717, 1.165) is 15.7 Å². The molecule has 0 unspecified atom stereocenters. The van der Waals surface area contributed by atoms with E-state index in [9.17, 15) is 0 Å². The highest BCUT2D eigenvalue weighted by atomic mass is 79.9. The van der Waals surface area contributed by atoms with E-state index in [4.69, 9.17) is 4.42 Å². The molecule has 0 fully saturated rings. The molecule has 16 heavy (non-hydrogen) atoms. The van der Waals surface area contributed by atoms with Gasteiger partial charge in [-0.25, -0.2) is 4.98 Å². The van der Waals surface area contributed by atoms with Gasteiger partial charge in [-0.3, -0.25) is 4.98 Å². The van der Waals surface area contributed by atoms with Gasteiger partial charge in [0.05, 0.1) is 6.26 Å². The molecule has 0 aliphatic heterocycles. The van der Waals surface area contributed by atoms with Crippen molar-refractivity contribution in [2.24, 2.45) is 0 Å². The van der Waals surface area contributed by atoms with Crippen molar-refractivity contribution in [3.63, 3.8) is 0 Å². The first-order valence-corrected chi connectivity index (χ1v) is 5.50. The largest absolute Gasteiger partial charge is 0.463 e. The molecule has 0 aromatic carbocycles. The SMILES string of the molecule is Brc1ccc2occc2n1.c1ccncc1. The maximum absolute atomic E-state index is 5.09. The number of furan rings is 1. The highest BCUT2D eigenvalue weighted by Gasteiger charge is 1.96. The number of fused-ring (bicyclic) bond motifs is 1. The van der Waals surface area contributed by atoms with Crippen molar-refractivity contribution >= 4 is 27.0 Å². The summed E-state index contributed by atoms with van der Waals surface area (Å²) in [6.07, 6.45) is 5.13. The van der Waals surface area contributed by atoms with Crippen LogP contribution in [-0.2, 0) is 0 Å². The molecule has 3 aromatic heterocycles. The summed E-state index contributed by atoms with van der Waals surface area (Å²) in [5, 5.41) is 0. The number of halogens is 1. The van der Waals surface area contributed by atoms with Crippen LogP contribution in [0.1, 0.15) is 0 Å². The van der Waals surface area contributed by atoms with Gasteiger partial charge in [-0.2, -0.15) is 0 Å². The lowest BCUT2D eigenvalue weighted by atomic mass is 10.4. The number of rotatable bonds is 0. The molecule has 0 aliphatic rings. The first-order chi connectivity index (χ1) is 7.86. The summed E-state index contributed by atoms with van der Waals surface area (Å²) in [7, 11) is 0. The van der Waals surface area contributed by atoms with Crippen molar-refractivity contribution in [3.05, 3.63) is 59.7 Å². The topological polar surface area (TPSA) is 38.9 Å². The van der Waals surface area contributed by atoms with Crippen LogP contribution in [0.5, 0.6) is 0 Å². The molecule has 3 nitrogen and oxygen atoms in total. The van der Waals surface area contributed by atoms with Crippen LogP contribution in [0.25, 0.3) is 11.1 Å². The molecule has 0 spiro atoms. The minimum Gasteiger partial charge on any atom is -0.463 e. The van der Waals surface area contributed by atoms with E-state index in [-0.39, 0.29) is 0 Å². The Hall–Kier alpha value is -1.68. The zero-order chi connectivity index (χ0) is 11.2. The van der Waals surface area contributed by atoms with E-state index in [1.165, 1.54) is 0 Å². The summed E-state index contributed by atoms with van der Waals surface area (Å²) in [5.41, 5.74) is 1.71. The molecule has 0 radical (unpaired) electrons. The fourth-order valence-electron chi connectivity index (χ4n) is 1.14. The van der Waals surface area contributed by atoms with Gasteiger partial charge < -0.3 is 4.42 Å². The zero-order valence-electron chi connectivity index (χ0n) is 8.38. The van der Waals surface area contributed by atoms with E-state index in [1.807, 2.05) is 36.4 Å². The van der Waals surface area contributed by atoms with Crippen LogP contribution in [0.3, 0.4) is 0 Å². The summed E-state index contributed by atoms with van der Waals surface area (Å²) < 4.78 is 5.92. The molecule has 3 aromatic rings. The summed E-state index contributed by atoms with van der Waals surface area (Å²) in [6, 6.07) is 11.3. The molecule has 0 atom stereocenters. The van der Waals surface area contributed by atoms with Gasteiger partial charge in [0.25, 0.3) is 0 Å². The average Bonchev–Trinajstić information content (AvgIpc) is 2.79. The van der Waals surface area contributed by atoms with Crippen LogP contribution in [-0.4, -0.2) is 9.97 Å². The number of nitrogens with zero attached hydrogens (tertiary/aromatic N) is 2. The van der Waals surface area contributed by atoms with Crippen molar-refractivity contribution < 1.29 is 4.42 Å². The third kappa shape index (κ3) is 2.90. The lowest BCUT2D eigenvalue weighted by Crippen LogP contribution is -1.72. The van der Waals surface area contributed by atoms with Crippen LogP contribution < -0.4 is 0 Å². The Labute approximate surface area is 101 Å². The lowest BCUT2D eigenvalue weighted by molar-refractivity contribution is 0.615. The Balaban J connectivity index is 0.000000138. The molecule has 0 saturated heterocycles. The predicted molar refractivity (Wildman–Crippen MR) is 65.9 cm³/mol. The predicted octanol–water partition coefficient (Wildman–Crippen LogP) is 3.67. The van der Waals surface area contributed by atoms with Crippen molar-refractivity contribution in [1.29, 1.82) is 0 Å². The van der Waals surface area contributed by atoms with Gasteiger partial charge in [0.2, 0.25) is 0 Å². The fourth-order valence-corrected chi connectivity index (χ4v) is 1.46. The van der Waals surface area contributed by atoms with Crippen LogP contribution >= 0.6 is 15.9 Å². The molecule has 0 N–H and O–H groups in total. The van der Waals surface area contributed by atoms with Gasteiger partial charge in [-0.1, -0.05) is 6.07 Å². The molecule has 3 rings (SSSR count). The van der Waals surface area contributed by atoms with Crippen LogP contribution in [0.15, 0.2) is 64.1 Å². The Morgan fingerprint density at radius 1 is 1.00 bits per heavy atom. The van der Waals surface area contributed by atoms with Gasteiger partial charge in [0.15, 0.2) is 5.58 Å². The standard InChI is InChI=1S/C7H4BrNO.C5H5N/c8-7-2-1-6-5(9-7)3-4-10-6;1-2-4-6-5-3-1/h1-4H;1-5H. The van der Waals surface area contributed by atoms with Gasteiger partial charge in [0, 0.05) is 18.5 Å². The van der Waals surface area contributed by atoms with Crippen LogP contribution in [0, 0.1) is 0 Å². The van der Waals surface area contributed by atoms with Crippen molar-refractivity contribution in [2.75, 3.05) is 0 Å². The number of hydrogen-bond donors (Lipinski definition) is 0. The normalized spacial score (nSPS) is 9.56.